The largest absolute Gasteiger partial charge is 0.480 e. The molecule has 0 fully saturated rings. The molecule has 1 aromatic rings. The standard InChI is InChI=1S/C15H21Cl2NO2/c1-9(2)6-13(18-10(3)15(19)20)7-11-4-5-12(16)8-14(11)17/h4-5,8-10,13,18H,6-7H2,1-3H3,(H,19,20). The van der Waals surface area contributed by atoms with Crippen molar-refractivity contribution in [3.63, 3.8) is 0 Å². The lowest BCUT2D eigenvalue weighted by Gasteiger charge is -2.23. The topological polar surface area (TPSA) is 49.3 Å². The molecule has 0 heterocycles. The second-order valence-electron chi connectivity index (χ2n) is 5.49. The molecule has 2 atom stereocenters. The predicted octanol–water partition coefficient (Wildman–Crippen LogP) is 4.01. The molecule has 0 saturated carbocycles. The fraction of sp³-hybridized carbons (Fsp3) is 0.533. The third kappa shape index (κ3) is 5.70. The first kappa shape index (κ1) is 17.3. The molecule has 0 aliphatic carbocycles. The van der Waals surface area contributed by atoms with Crippen molar-refractivity contribution in [2.24, 2.45) is 5.92 Å². The van der Waals surface area contributed by atoms with Crippen molar-refractivity contribution in [3.05, 3.63) is 33.8 Å². The second kappa shape index (κ2) is 7.87. The Labute approximate surface area is 130 Å². The maximum atomic E-state index is 11.0. The number of hydrogen-bond donors (Lipinski definition) is 2. The van der Waals surface area contributed by atoms with Crippen molar-refractivity contribution in [3.8, 4) is 0 Å². The van der Waals surface area contributed by atoms with Gasteiger partial charge in [-0.05, 0) is 43.4 Å². The van der Waals surface area contributed by atoms with E-state index in [4.69, 9.17) is 28.3 Å². The van der Waals surface area contributed by atoms with Gasteiger partial charge < -0.3 is 10.4 Å². The van der Waals surface area contributed by atoms with Gasteiger partial charge in [-0.15, -0.1) is 0 Å². The summed E-state index contributed by atoms with van der Waals surface area (Å²) in [6.07, 6.45) is 1.57. The van der Waals surface area contributed by atoms with E-state index in [9.17, 15) is 4.79 Å². The minimum atomic E-state index is -0.846. The quantitative estimate of drug-likeness (QED) is 0.798. The van der Waals surface area contributed by atoms with Crippen molar-refractivity contribution >= 4 is 29.2 Å². The maximum absolute atomic E-state index is 11.0. The molecule has 0 aliphatic rings. The van der Waals surface area contributed by atoms with Gasteiger partial charge in [-0.2, -0.15) is 0 Å². The third-order valence-corrected chi connectivity index (χ3v) is 3.68. The Morgan fingerprint density at radius 3 is 2.45 bits per heavy atom. The van der Waals surface area contributed by atoms with Gasteiger partial charge in [0.25, 0.3) is 0 Å². The molecule has 0 aliphatic heterocycles. The Kier molecular flexibility index (Phi) is 6.80. The van der Waals surface area contributed by atoms with Gasteiger partial charge in [0, 0.05) is 16.1 Å². The number of hydrogen-bond acceptors (Lipinski definition) is 2. The predicted molar refractivity (Wildman–Crippen MR) is 83.6 cm³/mol. The molecule has 0 bridgehead atoms. The van der Waals surface area contributed by atoms with Gasteiger partial charge in [-0.25, -0.2) is 0 Å². The molecular formula is C15H21Cl2NO2. The van der Waals surface area contributed by atoms with E-state index in [0.29, 0.717) is 22.4 Å². The van der Waals surface area contributed by atoms with Crippen molar-refractivity contribution in [1.29, 1.82) is 0 Å². The first-order valence-electron chi connectivity index (χ1n) is 6.72. The molecule has 3 nitrogen and oxygen atoms in total. The summed E-state index contributed by atoms with van der Waals surface area (Å²) >= 11 is 12.1. The van der Waals surface area contributed by atoms with Gasteiger partial charge in [-0.3, -0.25) is 4.79 Å². The summed E-state index contributed by atoms with van der Waals surface area (Å²) in [5, 5.41) is 13.4. The number of carboxylic acid groups (broad SMARTS) is 1. The lowest BCUT2D eigenvalue weighted by Crippen LogP contribution is -2.43. The average molecular weight is 318 g/mol. The second-order valence-corrected chi connectivity index (χ2v) is 6.34. The molecule has 112 valence electrons. The summed E-state index contributed by atoms with van der Waals surface area (Å²) < 4.78 is 0. The van der Waals surface area contributed by atoms with Gasteiger partial charge in [-0.1, -0.05) is 43.1 Å². The molecule has 0 saturated heterocycles. The normalized spacial score (nSPS) is 14.3. The third-order valence-electron chi connectivity index (χ3n) is 3.09. The molecule has 2 N–H and O–H groups in total. The molecule has 20 heavy (non-hydrogen) atoms. The van der Waals surface area contributed by atoms with Crippen LogP contribution in [0.15, 0.2) is 18.2 Å². The first-order chi connectivity index (χ1) is 9.29. The van der Waals surface area contributed by atoms with Crippen LogP contribution in [0.4, 0.5) is 0 Å². The Bertz CT molecular complexity index is 463. The zero-order valence-electron chi connectivity index (χ0n) is 12.0. The van der Waals surface area contributed by atoms with E-state index in [2.05, 4.69) is 19.2 Å². The maximum Gasteiger partial charge on any atom is 0.320 e. The van der Waals surface area contributed by atoms with Gasteiger partial charge >= 0.3 is 5.97 Å². The highest BCUT2D eigenvalue weighted by atomic mass is 35.5. The number of carboxylic acids is 1. The van der Waals surface area contributed by atoms with Gasteiger partial charge in [0.05, 0.1) is 0 Å². The van der Waals surface area contributed by atoms with Crippen LogP contribution in [0.1, 0.15) is 32.8 Å². The molecule has 0 amide bonds. The fourth-order valence-electron chi connectivity index (χ4n) is 2.16. The molecule has 0 aromatic heterocycles. The van der Waals surface area contributed by atoms with Crippen LogP contribution >= 0.6 is 23.2 Å². The van der Waals surface area contributed by atoms with E-state index in [1.54, 1.807) is 19.1 Å². The zero-order chi connectivity index (χ0) is 15.3. The lowest BCUT2D eigenvalue weighted by molar-refractivity contribution is -0.139. The van der Waals surface area contributed by atoms with Crippen LogP contribution in [0.3, 0.4) is 0 Å². The zero-order valence-corrected chi connectivity index (χ0v) is 13.5. The van der Waals surface area contributed by atoms with E-state index >= 15 is 0 Å². The average Bonchev–Trinajstić information content (AvgIpc) is 2.31. The van der Waals surface area contributed by atoms with E-state index in [0.717, 1.165) is 12.0 Å². The molecule has 0 spiro atoms. The number of aliphatic carboxylic acids is 1. The summed E-state index contributed by atoms with van der Waals surface area (Å²) in [6.45, 7) is 5.88. The molecular weight excluding hydrogens is 297 g/mol. The molecule has 1 aromatic carbocycles. The van der Waals surface area contributed by atoms with Gasteiger partial charge in [0.2, 0.25) is 0 Å². The van der Waals surface area contributed by atoms with Gasteiger partial charge in [0.1, 0.15) is 6.04 Å². The van der Waals surface area contributed by atoms with Crippen molar-refractivity contribution in [2.75, 3.05) is 0 Å². The highest BCUT2D eigenvalue weighted by Crippen LogP contribution is 2.23. The summed E-state index contributed by atoms with van der Waals surface area (Å²) in [6, 6.07) is 4.90. The molecule has 2 unspecified atom stereocenters. The van der Waals surface area contributed by atoms with Crippen LogP contribution in [0.5, 0.6) is 0 Å². The minimum Gasteiger partial charge on any atom is -0.480 e. The fourth-order valence-corrected chi connectivity index (χ4v) is 2.64. The van der Waals surface area contributed by atoms with E-state index in [1.807, 2.05) is 6.07 Å². The summed E-state index contributed by atoms with van der Waals surface area (Å²) in [4.78, 5) is 11.0. The number of benzene rings is 1. The van der Waals surface area contributed by atoms with Crippen LogP contribution in [-0.4, -0.2) is 23.2 Å². The number of halogens is 2. The Hall–Kier alpha value is -0.770. The van der Waals surface area contributed by atoms with Gasteiger partial charge in [0.15, 0.2) is 0 Å². The van der Waals surface area contributed by atoms with Crippen LogP contribution in [-0.2, 0) is 11.2 Å². The van der Waals surface area contributed by atoms with E-state index < -0.39 is 12.0 Å². The number of rotatable bonds is 7. The van der Waals surface area contributed by atoms with E-state index in [1.165, 1.54) is 0 Å². The summed E-state index contributed by atoms with van der Waals surface area (Å²) in [5.74, 6) is -0.375. The minimum absolute atomic E-state index is 0.0692. The first-order valence-corrected chi connectivity index (χ1v) is 7.48. The number of nitrogens with one attached hydrogen (secondary N) is 1. The summed E-state index contributed by atoms with van der Waals surface area (Å²) in [5.41, 5.74) is 0.979. The highest BCUT2D eigenvalue weighted by Gasteiger charge is 2.19. The summed E-state index contributed by atoms with van der Waals surface area (Å²) in [7, 11) is 0. The SMILES string of the molecule is CC(C)CC(Cc1ccc(Cl)cc1Cl)NC(C)C(=O)O. The van der Waals surface area contributed by atoms with Crippen LogP contribution in [0.2, 0.25) is 10.0 Å². The molecule has 5 heteroatoms. The Morgan fingerprint density at radius 2 is 1.95 bits per heavy atom. The smallest absolute Gasteiger partial charge is 0.320 e. The van der Waals surface area contributed by atoms with Crippen LogP contribution < -0.4 is 5.32 Å². The monoisotopic (exact) mass is 317 g/mol. The Morgan fingerprint density at radius 1 is 1.30 bits per heavy atom. The van der Waals surface area contributed by atoms with Crippen molar-refractivity contribution < 1.29 is 9.90 Å². The Balaban J connectivity index is 2.80. The number of carbonyl (C=O) groups is 1. The van der Waals surface area contributed by atoms with Crippen molar-refractivity contribution in [1.82, 2.24) is 5.32 Å². The van der Waals surface area contributed by atoms with E-state index in [-0.39, 0.29) is 6.04 Å². The highest BCUT2D eigenvalue weighted by molar-refractivity contribution is 6.35. The van der Waals surface area contributed by atoms with Crippen LogP contribution in [0.25, 0.3) is 0 Å². The van der Waals surface area contributed by atoms with Crippen LogP contribution in [0, 0.1) is 5.92 Å². The van der Waals surface area contributed by atoms with Crippen molar-refractivity contribution in [2.45, 2.75) is 45.7 Å². The lowest BCUT2D eigenvalue weighted by atomic mass is 9.96. The molecule has 0 radical (unpaired) electrons. The molecule has 1 rings (SSSR count).